The van der Waals surface area contributed by atoms with Crippen LogP contribution in [0.25, 0.3) is 0 Å². The van der Waals surface area contributed by atoms with Crippen LogP contribution in [0.4, 0.5) is 0 Å². The molecule has 0 radical (unpaired) electrons. The van der Waals surface area contributed by atoms with E-state index in [1.807, 2.05) is 0 Å². The Labute approximate surface area is 222 Å². The predicted octanol–water partition coefficient (Wildman–Crippen LogP) is 8.91. The minimum absolute atomic E-state index is 0.133. The first-order valence-electron chi connectivity index (χ1n) is 14.4. The molecule has 5 heteroatoms. The Morgan fingerprint density at radius 3 is 2.31 bits per heavy atom. The number of rotatable bonds is 15. The number of unbranched alkanes of at least 4 members (excludes halogenated alkanes) is 5. The van der Waals surface area contributed by atoms with Gasteiger partial charge in [0, 0.05) is 18.8 Å². The van der Waals surface area contributed by atoms with Crippen LogP contribution >= 0.6 is 0 Å². The van der Waals surface area contributed by atoms with E-state index in [1.165, 1.54) is 37.5 Å². The molecule has 1 aromatic carbocycles. The van der Waals surface area contributed by atoms with Crippen molar-refractivity contribution in [3.8, 4) is 0 Å². The van der Waals surface area contributed by atoms with E-state index < -0.39 is 8.32 Å². The summed E-state index contributed by atoms with van der Waals surface area (Å²) in [7, 11) is -0.435. The van der Waals surface area contributed by atoms with Crippen LogP contribution in [0.15, 0.2) is 24.3 Å². The third-order valence-electron chi connectivity index (χ3n) is 8.52. The molecule has 0 aliphatic heterocycles. The van der Waals surface area contributed by atoms with Crippen LogP contribution in [-0.2, 0) is 18.8 Å². The first kappa shape index (κ1) is 30.8. The monoisotopic (exact) mass is 516 g/mol. The van der Waals surface area contributed by atoms with E-state index in [1.54, 1.807) is 0 Å². The highest BCUT2D eigenvalue weighted by Gasteiger charge is 2.39. The van der Waals surface area contributed by atoms with Crippen molar-refractivity contribution in [2.75, 3.05) is 7.11 Å². The molecule has 2 rings (SSSR count). The molecule has 36 heavy (non-hydrogen) atoms. The van der Waals surface area contributed by atoms with Gasteiger partial charge in [-0.3, -0.25) is 9.59 Å². The van der Waals surface area contributed by atoms with Gasteiger partial charge in [0.25, 0.3) is 0 Å². The highest BCUT2D eigenvalue weighted by Crippen LogP contribution is 2.43. The SMILES string of the molecule is CCCCC[C@H](O[Si](C)(C)C(C)(C)C)c1ccc([C@@H]2CCC(=O)C2CCCCCCC(=O)OC)cc1. The van der Waals surface area contributed by atoms with Gasteiger partial charge in [-0.2, -0.15) is 0 Å². The van der Waals surface area contributed by atoms with Crippen molar-refractivity contribution in [3.63, 3.8) is 0 Å². The highest BCUT2D eigenvalue weighted by molar-refractivity contribution is 6.74. The van der Waals surface area contributed by atoms with Crippen molar-refractivity contribution in [3.05, 3.63) is 35.4 Å². The molecule has 1 saturated carbocycles. The zero-order valence-electron chi connectivity index (χ0n) is 24.2. The summed E-state index contributed by atoms with van der Waals surface area (Å²) in [5, 5.41) is 0.187. The number of hydrogen-bond donors (Lipinski definition) is 0. The third kappa shape index (κ3) is 9.13. The van der Waals surface area contributed by atoms with Crippen molar-refractivity contribution < 1.29 is 18.8 Å². The molecule has 1 aliphatic rings. The van der Waals surface area contributed by atoms with E-state index >= 15 is 0 Å². The van der Waals surface area contributed by atoms with Gasteiger partial charge >= 0.3 is 5.97 Å². The Kier molecular flexibility index (Phi) is 12.4. The average molecular weight is 517 g/mol. The van der Waals surface area contributed by atoms with Gasteiger partial charge in [-0.15, -0.1) is 0 Å². The number of ketones is 1. The summed E-state index contributed by atoms with van der Waals surface area (Å²) in [5.74, 6) is 0.769. The quantitative estimate of drug-likeness (QED) is 0.133. The van der Waals surface area contributed by atoms with Gasteiger partial charge in [0.2, 0.25) is 0 Å². The van der Waals surface area contributed by atoms with Crippen LogP contribution in [0.3, 0.4) is 0 Å². The van der Waals surface area contributed by atoms with Crippen LogP contribution in [0.2, 0.25) is 18.1 Å². The second-order valence-electron chi connectivity index (χ2n) is 12.3. The van der Waals surface area contributed by atoms with Crippen LogP contribution in [0.1, 0.15) is 128 Å². The average Bonchev–Trinajstić information content (AvgIpc) is 3.20. The smallest absolute Gasteiger partial charge is 0.305 e. The second kappa shape index (κ2) is 14.5. The van der Waals surface area contributed by atoms with Crippen molar-refractivity contribution in [2.24, 2.45) is 5.92 Å². The number of esters is 1. The molecule has 1 aromatic rings. The van der Waals surface area contributed by atoms with E-state index in [0.717, 1.165) is 44.9 Å². The number of hydrogen-bond acceptors (Lipinski definition) is 4. The zero-order chi connectivity index (χ0) is 26.8. The molecule has 204 valence electrons. The third-order valence-corrected chi connectivity index (χ3v) is 13.0. The molecule has 4 nitrogen and oxygen atoms in total. The Morgan fingerprint density at radius 2 is 1.69 bits per heavy atom. The summed E-state index contributed by atoms with van der Waals surface area (Å²) < 4.78 is 11.6. The van der Waals surface area contributed by atoms with Crippen LogP contribution in [0, 0.1) is 5.92 Å². The molecule has 3 atom stereocenters. The number of methoxy groups -OCH3 is 1. The molecule has 1 unspecified atom stereocenters. The number of carbonyl (C=O) groups is 2. The molecular formula is C31H52O4Si. The molecule has 0 spiro atoms. The van der Waals surface area contributed by atoms with Gasteiger partial charge in [-0.25, -0.2) is 0 Å². The largest absolute Gasteiger partial charge is 0.469 e. The summed E-state index contributed by atoms with van der Waals surface area (Å²) in [4.78, 5) is 24.0. The normalized spacial score (nSPS) is 19.5. The lowest BCUT2D eigenvalue weighted by Crippen LogP contribution is -2.41. The van der Waals surface area contributed by atoms with Crippen LogP contribution in [0.5, 0.6) is 0 Å². The summed E-state index contributed by atoms with van der Waals surface area (Å²) in [6.45, 7) is 13.9. The second-order valence-corrected chi connectivity index (χ2v) is 17.0. The van der Waals surface area contributed by atoms with Gasteiger partial charge in [-0.1, -0.05) is 90.5 Å². The summed E-state index contributed by atoms with van der Waals surface area (Å²) >= 11 is 0. The minimum atomic E-state index is -1.87. The van der Waals surface area contributed by atoms with Gasteiger partial charge in [0.15, 0.2) is 8.32 Å². The lowest BCUT2D eigenvalue weighted by Gasteiger charge is -2.39. The standard InChI is InChI=1S/C31H52O4Si/c1-8-9-12-16-29(35-36(6,7)31(2,3)4)25-20-18-24(19-21-25)26-22-23-28(32)27(26)15-13-10-11-14-17-30(33)34-5/h18-21,26-27,29H,8-17,22-23H2,1-7H3/t26-,27?,29-/m0/s1. The fourth-order valence-corrected chi connectivity index (χ4v) is 6.44. The maximum absolute atomic E-state index is 12.7. The van der Waals surface area contributed by atoms with Gasteiger partial charge in [0.1, 0.15) is 5.78 Å². The molecule has 0 amide bonds. The highest BCUT2D eigenvalue weighted by atomic mass is 28.4. The summed E-state index contributed by atoms with van der Waals surface area (Å²) in [6, 6.07) is 9.07. The van der Waals surface area contributed by atoms with E-state index in [4.69, 9.17) is 9.16 Å². The topological polar surface area (TPSA) is 52.6 Å². The van der Waals surface area contributed by atoms with Gasteiger partial charge < -0.3 is 9.16 Å². The lowest BCUT2D eigenvalue weighted by atomic mass is 9.84. The summed E-state index contributed by atoms with van der Waals surface area (Å²) in [6.07, 6.45) is 12.0. The molecular weight excluding hydrogens is 464 g/mol. The Balaban J connectivity index is 2.02. The van der Waals surface area contributed by atoms with E-state index in [2.05, 4.69) is 65.1 Å². The molecule has 0 bridgehead atoms. The van der Waals surface area contributed by atoms with Crippen molar-refractivity contribution >= 4 is 20.1 Å². The van der Waals surface area contributed by atoms with Crippen LogP contribution < -0.4 is 0 Å². The molecule has 1 aliphatic carbocycles. The maximum Gasteiger partial charge on any atom is 0.305 e. The van der Waals surface area contributed by atoms with Gasteiger partial charge in [-0.05, 0) is 60.9 Å². The fourth-order valence-electron chi connectivity index (χ4n) is 5.12. The fraction of sp³-hybridized carbons (Fsp3) is 0.742. The molecule has 0 N–H and O–H groups in total. The van der Waals surface area contributed by atoms with E-state index in [9.17, 15) is 9.59 Å². The number of benzene rings is 1. The van der Waals surface area contributed by atoms with Crippen molar-refractivity contribution in [1.82, 2.24) is 0 Å². The van der Waals surface area contributed by atoms with E-state index in [-0.39, 0.29) is 23.0 Å². The van der Waals surface area contributed by atoms with Crippen molar-refractivity contribution in [2.45, 2.75) is 135 Å². The number of Topliss-reactive ketones (excluding diaryl/α,β-unsaturated/α-hetero) is 1. The number of ether oxygens (including phenoxy) is 1. The van der Waals surface area contributed by atoms with Crippen molar-refractivity contribution in [1.29, 1.82) is 0 Å². The first-order chi connectivity index (χ1) is 17.0. The lowest BCUT2D eigenvalue weighted by molar-refractivity contribution is -0.140. The number of carbonyl (C=O) groups excluding carboxylic acids is 2. The zero-order valence-corrected chi connectivity index (χ0v) is 25.2. The first-order valence-corrected chi connectivity index (χ1v) is 17.3. The molecule has 0 heterocycles. The minimum Gasteiger partial charge on any atom is -0.469 e. The van der Waals surface area contributed by atoms with E-state index in [0.29, 0.717) is 24.5 Å². The Morgan fingerprint density at radius 1 is 1.03 bits per heavy atom. The predicted molar refractivity (Wildman–Crippen MR) is 152 cm³/mol. The van der Waals surface area contributed by atoms with Crippen LogP contribution in [-0.4, -0.2) is 27.2 Å². The molecule has 1 fully saturated rings. The maximum atomic E-state index is 12.7. The Bertz CT molecular complexity index is 809. The van der Waals surface area contributed by atoms with Gasteiger partial charge in [0.05, 0.1) is 13.2 Å². The molecule has 0 saturated heterocycles. The summed E-state index contributed by atoms with van der Waals surface area (Å²) in [5.41, 5.74) is 2.59. The Hall–Kier alpha value is -1.46. The molecule has 0 aromatic heterocycles.